The maximum absolute atomic E-state index is 11.9. The molecule has 6 nitrogen and oxygen atoms in total. The van der Waals surface area contributed by atoms with Crippen LogP contribution in [0.1, 0.15) is 19.4 Å². The lowest BCUT2D eigenvalue weighted by molar-refractivity contribution is -0.124. The molecule has 0 aliphatic carbocycles. The van der Waals surface area contributed by atoms with Crippen LogP contribution in [-0.4, -0.2) is 36.4 Å². The van der Waals surface area contributed by atoms with E-state index in [-0.39, 0.29) is 12.5 Å². The number of nitrogens with one attached hydrogen (secondary N) is 2. The molecule has 2 amide bonds. The average molecular weight is 294 g/mol. The van der Waals surface area contributed by atoms with Gasteiger partial charge in [-0.25, -0.2) is 4.79 Å². The average Bonchev–Trinajstić information content (AvgIpc) is 2.49. The maximum atomic E-state index is 11.9. The van der Waals surface area contributed by atoms with Crippen LogP contribution in [0, 0.1) is 5.92 Å². The highest BCUT2D eigenvalue weighted by Gasteiger charge is 2.20. The molecule has 0 spiro atoms. The van der Waals surface area contributed by atoms with Crippen LogP contribution in [0.25, 0.3) is 0 Å². The minimum atomic E-state index is -1.02. The molecule has 0 fully saturated rings. The first-order chi connectivity index (χ1) is 10.0. The van der Waals surface area contributed by atoms with E-state index < -0.39 is 24.6 Å². The number of alkyl carbamates (subject to hydrolysis) is 1. The third kappa shape index (κ3) is 6.76. The number of hydrogen-bond donors (Lipinski definition) is 3. The van der Waals surface area contributed by atoms with Gasteiger partial charge in [0.1, 0.15) is 6.04 Å². The van der Waals surface area contributed by atoms with Gasteiger partial charge in [-0.1, -0.05) is 44.2 Å². The van der Waals surface area contributed by atoms with E-state index in [4.69, 9.17) is 4.74 Å². The van der Waals surface area contributed by atoms with E-state index in [0.717, 1.165) is 5.56 Å². The van der Waals surface area contributed by atoms with Crippen molar-refractivity contribution in [2.45, 2.75) is 26.4 Å². The van der Waals surface area contributed by atoms with Crippen molar-refractivity contribution < 1.29 is 19.4 Å². The van der Waals surface area contributed by atoms with Crippen LogP contribution in [0.3, 0.4) is 0 Å². The molecule has 0 radical (unpaired) electrons. The standard InChI is InChI=1S/C15H22N2O4/c1-11(2)10-21-15(20)17-13(9-18)14(19)16-8-12-6-4-3-5-7-12/h3-7,11,13,18H,8-10H2,1-2H3,(H,16,19)(H,17,20). The first kappa shape index (κ1) is 17.0. The molecule has 1 aromatic rings. The monoisotopic (exact) mass is 294 g/mol. The number of carbonyl (C=O) groups is 2. The Kier molecular flexibility index (Phi) is 7.25. The van der Waals surface area contributed by atoms with Gasteiger partial charge < -0.3 is 20.5 Å². The lowest BCUT2D eigenvalue weighted by Crippen LogP contribution is -2.49. The molecule has 116 valence electrons. The molecule has 21 heavy (non-hydrogen) atoms. The normalized spacial score (nSPS) is 11.8. The summed E-state index contributed by atoms with van der Waals surface area (Å²) >= 11 is 0. The number of ether oxygens (including phenoxy) is 1. The van der Waals surface area contributed by atoms with Crippen molar-refractivity contribution in [3.8, 4) is 0 Å². The number of rotatable bonds is 7. The van der Waals surface area contributed by atoms with Gasteiger partial charge in [-0.15, -0.1) is 0 Å². The van der Waals surface area contributed by atoms with E-state index in [2.05, 4.69) is 10.6 Å². The van der Waals surface area contributed by atoms with Gasteiger partial charge in [-0.3, -0.25) is 4.79 Å². The predicted octanol–water partition coefficient (Wildman–Crippen LogP) is 1.05. The van der Waals surface area contributed by atoms with Crippen molar-refractivity contribution in [2.24, 2.45) is 5.92 Å². The van der Waals surface area contributed by atoms with Gasteiger partial charge in [0.05, 0.1) is 13.2 Å². The third-order valence-electron chi connectivity index (χ3n) is 2.65. The lowest BCUT2D eigenvalue weighted by Gasteiger charge is -2.16. The summed E-state index contributed by atoms with van der Waals surface area (Å²) in [5, 5.41) is 14.2. The van der Waals surface area contributed by atoms with E-state index in [9.17, 15) is 14.7 Å². The predicted molar refractivity (Wildman–Crippen MR) is 78.5 cm³/mol. The molecule has 0 aliphatic rings. The number of benzene rings is 1. The minimum absolute atomic E-state index is 0.204. The summed E-state index contributed by atoms with van der Waals surface area (Å²) in [6, 6.07) is 8.35. The number of hydrogen-bond acceptors (Lipinski definition) is 4. The second-order valence-electron chi connectivity index (χ2n) is 5.08. The summed E-state index contributed by atoms with van der Waals surface area (Å²) in [6.45, 7) is 3.92. The van der Waals surface area contributed by atoms with Crippen LogP contribution in [0.2, 0.25) is 0 Å². The summed E-state index contributed by atoms with van der Waals surface area (Å²) < 4.78 is 4.91. The molecule has 6 heteroatoms. The zero-order valence-electron chi connectivity index (χ0n) is 12.3. The molecule has 0 bridgehead atoms. The van der Waals surface area contributed by atoms with Crippen molar-refractivity contribution in [3.05, 3.63) is 35.9 Å². The molecule has 0 aliphatic heterocycles. The number of aliphatic hydroxyl groups excluding tert-OH is 1. The molecule has 1 rings (SSSR count). The van der Waals surface area contributed by atoms with Crippen LogP contribution < -0.4 is 10.6 Å². The number of amides is 2. The minimum Gasteiger partial charge on any atom is -0.449 e. The summed E-state index contributed by atoms with van der Waals surface area (Å²) in [7, 11) is 0. The zero-order valence-corrected chi connectivity index (χ0v) is 12.3. The first-order valence-corrected chi connectivity index (χ1v) is 6.88. The second-order valence-corrected chi connectivity index (χ2v) is 5.08. The molecule has 1 aromatic carbocycles. The topological polar surface area (TPSA) is 87.7 Å². The van der Waals surface area contributed by atoms with Gasteiger partial charge in [0, 0.05) is 6.54 Å². The Labute approximate surface area is 124 Å². The van der Waals surface area contributed by atoms with Crippen molar-refractivity contribution in [1.29, 1.82) is 0 Å². The fourth-order valence-corrected chi connectivity index (χ4v) is 1.53. The largest absolute Gasteiger partial charge is 0.449 e. The quantitative estimate of drug-likeness (QED) is 0.701. The van der Waals surface area contributed by atoms with E-state index in [1.165, 1.54) is 0 Å². The molecular weight excluding hydrogens is 272 g/mol. The SMILES string of the molecule is CC(C)COC(=O)NC(CO)C(=O)NCc1ccccc1. The Balaban J connectivity index is 2.40. The Bertz CT molecular complexity index is 448. The molecule has 1 unspecified atom stereocenters. The van der Waals surface area contributed by atoms with Gasteiger partial charge in [0.25, 0.3) is 0 Å². The Morgan fingerprint density at radius 2 is 1.90 bits per heavy atom. The van der Waals surface area contributed by atoms with Crippen molar-refractivity contribution in [1.82, 2.24) is 10.6 Å². The zero-order chi connectivity index (χ0) is 15.7. The highest BCUT2D eigenvalue weighted by molar-refractivity contribution is 5.85. The van der Waals surface area contributed by atoms with Gasteiger partial charge >= 0.3 is 6.09 Å². The Hall–Kier alpha value is -2.08. The van der Waals surface area contributed by atoms with Crippen LogP contribution in [0.15, 0.2) is 30.3 Å². The Morgan fingerprint density at radius 1 is 1.24 bits per heavy atom. The highest BCUT2D eigenvalue weighted by atomic mass is 16.5. The molecule has 3 N–H and O–H groups in total. The fourth-order valence-electron chi connectivity index (χ4n) is 1.53. The van der Waals surface area contributed by atoms with Gasteiger partial charge in [0.2, 0.25) is 5.91 Å². The summed E-state index contributed by atoms with van der Waals surface area (Å²) in [5.41, 5.74) is 0.935. The van der Waals surface area contributed by atoms with Crippen LogP contribution in [-0.2, 0) is 16.1 Å². The maximum Gasteiger partial charge on any atom is 0.407 e. The van der Waals surface area contributed by atoms with Crippen LogP contribution in [0.4, 0.5) is 4.79 Å². The second kappa shape index (κ2) is 8.97. The Morgan fingerprint density at radius 3 is 2.48 bits per heavy atom. The van der Waals surface area contributed by atoms with Crippen molar-refractivity contribution in [3.63, 3.8) is 0 Å². The van der Waals surface area contributed by atoms with Crippen LogP contribution >= 0.6 is 0 Å². The molecule has 1 atom stereocenters. The number of aliphatic hydroxyl groups is 1. The highest BCUT2D eigenvalue weighted by Crippen LogP contribution is 1.98. The molecular formula is C15H22N2O4. The smallest absolute Gasteiger partial charge is 0.407 e. The first-order valence-electron chi connectivity index (χ1n) is 6.88. The van der Waals surface area contributed by atoms with Crippen molar-refractivity contribution in [2.75, 3.05) is 13.2 Å². The molecule has 0 saturated heterocycles. The van der Waals surface area contributed by atoms with Gasteiger partial charge in [-0.05, 0) is 11.5 Å². The van der Waals surface area contributed by atoms with E-state index in [0.29, 0.717) is 6.54 Å². The van der Waals surface area contributed by atoms with Gasteiger partial charge in [-0.2, -0.15) is 0 Å². The van der Waals surface area contributed by atoms with E-state index >= 15 is 0 Å². The summed E-state index contributed by atoms with van der Waals surface area (Å²) in [5.74, 6) is -0.252. The molecule has 0 saturated carbocycles. The van der Waals surface area contributed by atoms with E-state index in [1.807, 2.05) is 44.2 Å². The summed E-state index contributed by atoms with van der Waals surface area (Å²) in [6.07, 6.45) is -0.711. The fraction of sp³-hybridized carbons (Fsp3) is 0.467. The lowest BCUT2D eigenvalue weighted by atomic mass is 10.2. The van der Waals surface area contributed by atoms with E-state index in [1.54, 1.807) is 0 Å². The summed E-state index contributed by atoms with van der Waals surface area (Å²) in [4.78, 5) is 23.4. The molecule has 0 aromatic heterocycles. The van der Waals surface area contributed by atoms with Crippen molar-refractivity contribution >= 4 is 12.0 Å². The third-order valence-corrected chi connectivity index (χ3v) is 2.65. The number of carbonyl (C=O) groups excluding carboxylic acids is 2. The molecule has 0 heterocycles. The van der Waals surface area contributed by atoms with Gasteiger partial charge in [0.15, 0.2) is 0 Å². The van der Waals surface area contributed by atoms with Crippen LogP contribution in [0.5, 0.6) is 0 Å².